The largest absolute Gasteiger partial charge is 0.394 e. The molecular weight excluding hydrogens is 289 g/mol. The number of unbranched alkanes of at least 4 members (excludes halogenated alkanes) is 11. The van der Waals surface area contributed by atoms with E-state index in [1.165, 1.54) is 77.0 Å². The predicted molar refractivity (Wildman–Crippen MR) is 89.5 cm³/mol. The Kier molecular flexibility index (Phi) is 25.1. The molecule has 0 aromatic rings. The molecule has 0 bridgehead atoms. The van der Waals surface area contributed by atoms with Gasteiger partial charge in [-0.2, -0.15) is 8.42 Å². The summed E-state index contributed by atoms with van der Waals surface area (Å²) in [6.45, 7) is 4.57. The summed E-state index contributed by atoms with van der Waals surface area (Å²) in [6.07, 6.45) is 17.4. The zero-order valence-electron chi connectivity index (χ0n) is 12.6. The second-order valence-corrected chi connectivity index (χ2v) is 5.88. The molecule has 0 radical (unpaired) electrons. The van der Waals surface area contributed by atoms with Crippen molar-refractivity contribution in [2.24, 2.45) is 0 Å². The van der Waals surface area contributed by atoms with E-state index in [2.05, 4.69) is 13.8 Å². The third kappa shape index (κ3) is 42.8. The lowest BCUT2D eigenvalue weighted by Crippen LogP contribution is -1.89. The fraction of sp³-hybridized carbons (Fsp3) is 1.00. The van der Waals surface area contributed by atoms with Crippen molar-refractivity contribution in [3.05, 3.63) is 0 Å². The molecule has 0 aliphatic heterocycles. The molecule has 0 saturated heterocycles. The van der Waals surface area contributed by atoms with E-state index in [4.69, 9.17) is 17.5 Å². The molecular formula is C14H34MgO4S. The summed E-state index contributed by atoms with van der Waals surface area (Å²) in [7, 11) is -4.67. The molecule has 0 aromatic heterocycles. The Labute approximate surface area is 141 Å². The van der Waals surface area contributed by atoms with Crippen LogP contribution in [-0.4, -0.2) is 40.6 Å². The summed E-state index contributed by atoms with van der Waals surface area (Å²) in [5.41, 5.74) is 0. The molecule has 6 heteroatoms. The SMILES string of the molecule is CCCCCCCCCCCCCC.O=S(=O)(O)O.[MgH2]. The Morgan fingerprint density at radius 2 is 0.750 bits per heavy atom. The van der Waals surface area contributed by atoms with Gasteiger partial charge in [-0.3, -0.25) is 9.11 Å². The van der Waals surface area contributed by atoms with Crippen molar-refractivity contribution in [3.63, 3.8) is 0 Å². The van der Waals surface area contributed by atoms with Gasteiger partial charge in [-0.05, 0) is 0 Å². The average Bonchev–Trinajstić information content (AvgIpc) is 2.29. The van der Waals surface area contributed by atoms with Gasteiger partial charge in [0.1, 0.15) is 0 Å². The van der Waals surface area contributed by atoms with E-state index in [-0.39, 0.29) is 23.1 Å². The smallest absolute Gasteiger partial charge is 0.264 e. The molecule has 0 aromatic carbocycles. The molecule has 2 N–H and O–H groups in total. The first kappa shape index (κ1) is 25.6. The number of hydrogen-bond acceptors (Lipinski definition) is 2. The zero-order valence-corrected chi connectivity index (χ0v) is 13.4. The molecule has 0 aliphatic carbocycles. The monoisotopic (exact) mass is 322 g/mol. The van der Waals surface area contributed by atoms with Crippen LogP contribution in [0.25, 0.3) is 0 Å². The molecule has 4 nitrogen and oxygen atoms in total. The van der Waals surface area contributed by atoms with Crippen LogP contribution in [0.4, 0.5) is 0 Å². The van der Waals surface area contributed by atoms with Gasteiger partial charge < -0.3 is 0 Å². The van der Waals surface area contributed by atoms with Gasteiger partial charge >= 0.3 is 33.5 Å². The molecule has 0 aliphatic rings. The summed E-state index contributed by atoms with van der Waals surface area (Å²) in [4.78, 5) is 0. The van der Waals surface area contributed by atoms with Gasteiger partial charge in [-0.15, -0.1) is 0 Å². The molecule has 0 heterocycles. The quantitative estimate of drug-likeness (QED) is 0.340. The maximum atomic E-state index is 8.74. The molecule has 20 heavy (non-hydrogen) atoms. The Balaban J connectivity index is -0.000000414. The van der Waals surface area contributed by atoms with Crippen LogP contribution in [0.3, 0.4) is 0 Å². The maximum Gasteiger partial charge on any atom is 0.394 e. The zero-order chi connectivity index (χ0) is 15.0. The standard InChI is InChI=1S/C14H30.Mg.H2O4S.2H/c1-3-5-7-9-11-13-14-12-10-8-6-4-2;;1-5(2,3)4;;/h3-14H2,1-2H3;;(H2,1,2,3,4);;. The fourth-order valence-corrected chi connectivity index (χ4v) is 1.91. The van der Waals surface area contributed by atoms with Crippen LogP contribution in [0.1, 0.15) is 90.9 Å². The van der Waals surface area contributed by atoms with E-state index in [0.29, 0.717) is 0 Å². The highest BCUT2D eigenvalue weighted by atomic mass is 32.3. The third-order valence-electron chi connectivity index (χ3n) is 2.96. The third-order valence-corrected chi connectivity index (χ3v) is 2.96. The lowest BCUT2D eigenvalue weighted by Gasteiger charge is -2.01. The first-order valence-electron chi connectivity index (χ1n) is 7.61. The second kappa shape index (κ2) is 19.6. The van der Waals surface area contributed by atoms with Gasteiger partial charge in [-0.25, -0.2) is 0 Å². The summed E-state index contributed by atoms with van der Waals surface area (Å²) >= 11 is 0. The van der Waals surface area contributed by atoms with E-state index >= 15 is 0 Å². The molecule has 0 atom stereocenters. The van der Waals surface area contributed by atoms with Crippen LogP contribution in [0, 0.1) is 0 Å². The van der Waals surface area contributed by atoms with Gasteiger partial charge in [0, 0.05) is 0 Å². The van der Waals surface area contributed by atoms with E-state index in [9.17, 15) is 0 Å². The summed E-state index contributed by atoms with van der Waals surface area (Å²) < 4.78 is 31.6. The lowest BCUT2D eigenvalue weighted by molar-refractivity contribution is 0.381. The van der Waals surface area contributed by atoms with Gasteiger partial charge in [-0.1, -0.05) is 90.9 Å². The minimum Gasteiger partial charge on any atom is -0.264 e. The highest BCUT2D eigenvalue weighted by Crippen LogP contribution is 2.11. The van der Waals surface area contributed by atoms with Crippen molar-refractivity contribution in [1.82, 2.24) is 0 Å². The van der Waals surface area contributed by atoms with Gasteiger partial charge in [0.05, 0.1) is 0 Å². The van der Waals surface area contributed by atoms with E-state index in [1.54, 1.807) is 0 Å². The van der Waals surface area contributed by atoms with E-state index in [0.717, 1.165) is 0 Å². The van der Waals surface area contributed by atoms with Gasteiger partial charge in [0.25, 0.3) is 0 Å². The van der Waals surface area contributed by atoms with E-state index < -0.39 is 10.4 Å². The lowest BCUT2D eigenvalue weighted by atomic mass is 10.1. The topological polar surface area (TPSA) is 74.6 Å². The number of hydrogen-bond donors (Lipinski definition) is 2. The maximum absolute atomic E-state index is 8.74. The van der Waals surface area contributed by atoms with Crippen LogP contribution >= 0.6 is 0 Å². The number of rotatable bonds is 11. The fourth-order valence-electron chi connectivity index (χ4n) is 1.91. The van der Waals surface area contributed by atoms with Crippen molar-refractivity contribution in [2.75, 3.05) is 0 Å². The normalized spacial score (nSPS) is 10.4. The van der Waals surface area contributed by atoms with Gasteiger partial charge in [0.15, 0.2) is 0 Å². The average molecular weight is 323 g/mol. The Hall–Kier alpha value is 0.636. The molecule has 0 fully saturated rings. The molecule has 122 valence electrons. The van der Waals surface area contributed by atoms with Crippen LogP contribution < -0.4 is 0 Å². The van der Waals surface area contributed by atoms with Gasteiger partial charge in [0.2, 0.25) is 0 Å². The van der Waals surface area contributed by atoms with E-state index in [1.807, 2.05) is 0 Å². The van der Waals surface area contributed by atoms with Crippen molar-refractivity contribution in [2.45, 2.75) is 90.9 Å². The van der Waals surface area contributed by atoms with Crippen LogP contribution in [0.2, 0.25) is 0 Å². The van der Waals surface area contributed by atoms with Crippen LogP contribution in [-0.2, 0) is 10.4 Å². The predicted octanol–water partition coefficient (Wildman–Crippen LogP) is 4.14. The molecule has 0 saturated carbocycles. The highest BCUT2D eigenvalue weighted by Gasteiger charge is 1.91. The molecule has 0 spiro atoms. The molecule has 0 rings (SSSR count). The minimum absolute atomic E-state index is 0. The molecule has 0 unspecified atom stereocenters. The Morgan fingerprint density at radius 3 is 0.900 bits per heavy atom. The van der Waals surface area contributed by atoms with Crippen molar-refractivity contribution < 1.29 is 17.5 Å². The van der Waals surface area contributed by atoms with Crippen LogP contribution in [0.15, 0.2) is 0 Å². The van der Waals surface area contributed by atoms with Crippen molar-refractivity contribution in [3.8, 4) is 0 Å². The summed E-state index contributed by atoms with van der Waals surface area (Å²) in [5, 5.41) is 0. The second-order valence-electron chi connectivity index (χ2n) is 4.98. The Morgan fingerprint density at radius 1 is 0.600 bits per heavy atom. The first-order chi connectivity index (χ1) is 8.91. The highest BCUT2D eigenvalue weighted by molar-refractivity contribution is 7.79. The van der Waals surface area contributed by atoms with Crippen molar-refractivity contribution in [1.29, 1.82) is 0 Å². The van der Waals surface area contributed by atoms with Crippen molar-refractivity contribution >= 4 is 33.5 Å². The van der Waals surface area contributed by atoms with Crippen LogP contribution in [0.5, 0.6) is 0 Å². The summed E-state index contributed by atoms with van der Waals surface area (Å²) in [6, 6.07) is 0. The minimum atomic E-state index is -4.67. The first-order valence-corrected chi connectivity index (χ1v) is 9.01. The Bertz CT molecular complexity index is 236. The molecule has 0 amide bonds. The summed E-state index contributed by atoms with van der Waals surface area (Å²) in [5.74, 6) is 0.